The van der Waals surface area contributed by atoms with Crippen molar-refractivity contribution in [1.29, 1.82) is 5.26 Å². The molecule has 3 heterocycles. The van der Waals surface area contributed by atoms with Crippen molar-refractivity contribution in [2.45, 2.75) is 27.2 Å². The van der Waals surface area contributed by atoms with Gasteiger partial charge in [0, 0.05) is 38.4 Å². The fourth-order valence-corrected chi connectivity index (χ4v) is 5.89. The van der Waals surface area contributed by atoms with Crippen LogP contribution < -0.4 is 9.21 Å². The van der Waals surface area contributed by atoms with Crippen LogP contribution in [0.4, 0.5) is 11.5 Å². The number of hydrogen-bond acceptors (Lipinski definition) is 6. The Morgan fingerprint density at radius 1 is 1.03 bits per heavy atom. The molecule has 0 aliphatic carbocycles. The summed E-state index contributed by atoms with van der Waals surface area (Å²) >= 11 is 0. The smallest absolute Gasteiger partial charge is 0.255 e. The van der Waals surface area contributed by atoms with Crippen molar-refractivity contribution >= 4 is 27.4 Å². The van der Waals surface area contributed by atoms with Crippen molar-refractivity contribution in [2.24, 2.45) is 0 Å². The topological polar surface area (TPSA) is 97.6 Å². The summed E-state index contributed by atoms with van der Waals surface area (Å²) in [5.41, 5.74) is 4.23. The number of amides is 1. The fourth-order valence-electron chi connectivity index (χ4n) is 4.34. The third kappa shape index (κ3) is 4.02. The standard InChI is InChI=1S/C23H27N5O3S/c1-16-13-17(2)22(25-18(16)3)26-8-10-27(11-9-26)23(29)21-6-5-20(14-19(21)15-24)28-7-4-12-32(28,30)31/h5-6,13-14H,4,7-12H2,1-3H3. The van der Waals surface area contributed by atoms with Gasteiger partial charge in [0.1, 0.15) is 11.9 Å². The molecule has 4 rings (SSSR count). The van der Waals surface area contributed by atoms with Crippen LogP contribution in [0.5, 0.6) is 0 Å². The molecule has 1 amide bonds. The Labute approximate surface area is 189 Å². The summed E-state index contributed by atoms with van der Waals surface area (Å²) in [5, 5.41) is 9.63. The Kier molecular flexibility index (Phi) is 5.82. The first-order chi connectivity index (χ1) is 15.2. The predicted octanol–water partition coefficient (Wildman–Crippen LogP) is 2.38. The molecule has 0 saturated carbocycles. The molecule has 2 aliphatic rings. The van der Waals surface area contributed by atoms with E-state index in [0.29, 0.717) is 50.4 Å². The molecule has 32 heavy (non-hydrogen) atoms. The number of piperazine rings is 1. The van der Waals surface area contributed by atoms with Crippen molar-refractivity contribution in [1.82, 2.24) is 9.88 Å². The van der Waals surface area contributed by atoms with Gasteiger partial charge in [-0.3, -0.25) is 9.10 Å². The molecule has 2 saturated heterocycles. The maximum absolute atomic E-state index is 13.2. The number of pyridine rings is 1. The molecule has 0 N–H and O–H groups in total. The first kappa shape index (κ1) is 22.1. The maximum atomic E-state index is 13.2. The lowest BCUT2D eigenvalue weighted by Gasteiger charge is -2.36. The molecular formula is C23H27N5O3S. The minimum Gasteiger partial charge on any atom is -0.353 e. The van der Waals surface area contributed by atoms with Crippen LogP contribution in [0.2, 0.25) is 0 Å². The summed E-state index contributed by atoms with van der Waals surface area (Å²) in [6, 6.07) is 8.91. The molecule has 2 aromatic rings. The zero-order chi connectivity index (χ0) is 23.0. The van der Waals surface area contributed by atoms with Gasteiger partial charge in [0.15, 0.2) is 0 Å². The van der Waals surface area contributed by atoms with E-state index in [1.54, 1.807) is 17.0 Å². The lowest BCUT2D eigenvalue weighted by Crippen LogP contribution is -2.49. The van der Waals surface area contributed by atoms with Gasteiger partial charge >= 0.3 is 0 Å². The summed E-state index contributed by atoms with van der Waals surface area (Å²) in [6.07, 6.45) is 0.560. The second-order valence-electron chi connectivity index (χ2n) is 8.39. The van der Waals surface area contributed by atoms with E-state index < -0.39 is 10.0 Å². The summed E-state index contributed by atoms with van der Waals surface area (Å²) in [5.74, 6) is 0.852. The average molecular weight is 454 g/mol. The van der Waals surface area contributed by atoms with Gasteiger partial charge in [-0.2, -0.15) is 5.26 Å². The molecule has 0 radical (unpaired) electrons. The van der Waals surface area contributed by atoms with Crippen molar-refractivity contribution in [3.8, 4) is 6.07 Å². The van der Waals surface area contributed by atoms with Crippen molar-refractivity contribution in [2.75, 3.05) is 47.7 Å². The summed E-state index contributed by atoms with van der Waals surface area (Å²) in [4.78, 5) is 21.8. The van der Waals surface area contributed by atoms with Gasteiger partial charge in [0.2, 0.25) is 10.0 Å². The van der Waals surface area contributed by atoms with Crippen molar-refractivity contribution in [3.05, 3.63) is 52.2 Å². The van der Waals surface area contributed by atoms with Crippen LogP contribution in [-0.2, 0) is 10.0 Å². The highest BCUT2D eigenvalue weighted by Crippen LogP contribution is 2.27. The van der Waals surface area contributed by atoms with E-state index in [1.807, 2.05) is 20.8 Å². The Bertz CT molecular complexity index is 1210. The average Bonchev–Trinajstić information content (AvgIpc) is 3.14. The predicted molar refractivity (Wildman–Crippen MR) is 123 cm³/mol. The molecule has 0 atom stereocenters. The SMILES string of the molecule is Cc1cc(C)c(N2CCN(C(=O)c3ccc(N4CCCS4(=O)=O)cc3C#N)CC2)nc1C. The summed E-state index contributed by atoms with van der Waals surface area (Å²) < 4.78 is 25.7. The van der Waals surface area contributed by atoms with Gasteiger partial charge < -0.3 is 9.80 Å². The van der Waals surface area contributed by atoms with E-state index in [-0.39, 0.29) is 17.2 Å². The highest BCUT2D eigenvalue weighted by atomic mass is 32.2. The number of benzene rings is 1. The van der Waals surface area contributed by atoms with Crippen LogP contribution >= 0.6 is 0 Å². The number of carbonyl (C=O) groups is 1. The zero-order valence-corrected chi connectivity index (χ0v) is 19.4. The number of carbonyl (C=O) groups excluding carboxylic acids is 1. The van der Waals surface area contributed by atoms with Crippen molar-refractivity contribution in [3.63, 3.8) is 0 Å². The quantitative estimate of drug-likeness (QED) is 0.708. The van der Waals surface area contributed by atoms with Gasteiger partial charge in [-0.15, -0.1) is 0 Å². The largest absolute Gasteiger partial charge is 0.353 e. The number of aryl methyl sites for hydroxylation is 3. The second-order valence-corrected chi connectivity index (χ2v) is 10.4. The Morgan fingerprint density at radius 2 is 1.75 bits per heavy atom. The lowest BCUT2D eigenvalue weighted by molar-refractivity contribution is 0.0746. The minimum atomic E-state index is -3.34. The van der Waals surface area contributed by atoms with E-state index >= 15 is 0 Å². The first-order valence-electron chi connectivity index (χ1n) is 10.7. The van der Waals surface area contributed by atoms with E-state index in [1.165, 1.54) is 10.4 Å². The second kappa shape index (κ2) is 8.43. The van der Waals surface area contributed by atoms with E-state index in [0.717, 1.165) is 22.6 Å². The first-order valence-corrected chi connectivity index (χ1v) is 12.4. The lowest BCUT2D eigenvalue weighted by atomic mass is 10.1. The minimum absolute atomic E-state index is 0.106. The normalized spacial score (nSPS) is 18.0. The Hall–Kier alpha value is -3.12. The molecule has 8 nitrogen and oxygen atoms in total. The molecular weight excluding hydrogens is 426 g/mol. The van der Waals surface area contributed by atoms with Gasteiger partial charge in [-0.05, 0) is 56.5 Å². The number of anilines is 2. The van der Waals surface area contributed by atoms with Gasteiger partial charge in [-0.25, -0.2) is 13.4 Å². The number of nitriles is 1. The number of nitrogens with zero attached hydrogens (tertiary/aromatic N) is 5. The van der Waals surface area contributed by atoms with Crippen LogP contribution in [0, 0.1) is 32.1 Å². The molecule has 0 spiro atoms. The Morgan fingerprint density at radius 3 is 2.38 bits per heavy atom. The molecule has 1 aromatic heterocycles. The van der Waals surface area contributed by atoms with Crippen LogP contribution in [0.25, 0.3) is 0 Å². The maximum Gasteiger partial charge on any atom is 0.255 e. The number of sulfonamides is 1. The molecule has 1 aromatic carbocycles. The molecule has 0 unspecified atom stereocenters. The number of aromatic nitrogens is 1. The van der Waals surface area contributed by atoms with Crippen molar-refractivity contribution < 1.29 is 13.2 Å². The van der Waals surface area contributed by atoms with E-state index in [2.05, 4.69) is 17.0 Å². The fraction of sp³-hybridized carbons (Fsp3) is 0.435. The van der Waals surface area contributed by atoms with Crippen LogP contribution in [0.15, 0.2) is 24.3 Å². The summed E-state index contributed by atoms with van der Waals surface area (Å²) in [6.45, 7) is 8.87. The van der Waals surface area contributed by atoms with Crippen LogP contribution in [0.1, 0.15) is 39.2 Å². The van der Waals surface area contributed by atoms with E-state index in [4.69, 9.17) is 4.98 Å². The van der Waals surface area contributed by atoms with Crippen LogP contribution in [0.3, 0.4) is 0 Å². The Balaban J connectivity index is 1.50. The monoisotopic (exact) mass is 453 g/mol. The molecule has 168 valence electrons. The molecule has 9 heteroatoms. The highest BCUT2D eigenvalue weighted by Gasteiger charge is 2.30. The van der Waals surface area contributed by atoms with Gasteiger partial charge in [0.05, 0.1) is 22.6 Å². The number of hydrogen-bond donors (Lipinski definition) is 0. The highest BCUT2D eigenvalue weighted by molar-refractivity contribution is 7.93. The zero-order valence-electron chi connectivity index (χ0n) is 18.6. The van der Waals surface area contributed by atoms with E-state index in [9.17, 15) is 18.5 Å². The molecule has 0 bridgehead atoms. The third-order valence-corrected chi connectivity index (χ3v) is 8.11. The molecule has 2 aliphatic heterocycles. The molecule has 2 fully saturated rings. The van der Waals surface area contributed by atoms with Crippen LogP contribution in [-0.4, -0.2) is 62.7 Å². The summed E-state index contributed by atoms with van der Waals surface area (Å²) in [7, 11) is -3.34. The number of rotatable bonds is 3. The van der Waals surface area contributed by atoms with Gasteiger partial charge in [-0.1, -0.05) is 6.07 Å². The van der Waals surface area contributed by atoms with Gasteiger partial charge in [0.25, 0.3) is 5.91 Å². The third-order valence-electron chi connectivity index (χ3n) is 6.24.